The Morgan fingerprint density at radius 2 is 2.28 bits per heavy atom. The van der Waals surface area contributed by atoms with Crippen molar-refractivity contribution < 1.29 is 9.53 Å². The predicted molar refractivity (Wildman–Crippen MR) is 69.3 cm³/mol. The fraction of sp³-hybridized carbons (Fsp3) is 0.167. The lowest BCUT2D eigenvalue weighted by molar-refractivity contribution is 0.102. The summed E-state index contributed by atoms with van der Waals surface area (Å²) in [7, 11) is 1.52. The molecule has 6 heteroatoms. The van der Waals surface area contributed by atoms with Crippen LogP contribution in [-0.2, 0) is 0 Å². The molecule has 1 amide bonds. The molecule has 94 valence electrons. The van der Waals surface area contributed by atoms with E-state index in [2.05, 4.69) is 15.3 Å². The van der Waals surface area contributed by atoms with E-state index in [4.69, 9.17) is 16.3 Å². The lowest BCUT2D eigenvalue weighted by atomic mass is 10.2. The molecule has 0 spiro atoms. The number of hydrogen-bond donors (Lipinski definition) is 2. The van der Waals surface area contributed by atoms with Crippen molar-refractivity contribution in [2.75, 3.05) is 12.4 Å². The van der Waals surface area contributed by atoms with Crippen molar-refractivity contribution in [2.45, 2.75) is 6.92 Å². The molecule has 0 bridgehead atoms. The molecular weight excluding hydrogens is 254 g/mol. The van der Waals surface area contributed by atoms with Crippen molar-refractivity contribution in [1.82, 2.24) is 9.97 Å². The van der Waals surface area contributed by atoms with Crippen molar-refractivity contribution in [1.29, 1.82) is 0 Å². The van der Waals surface area contributed by atoms with Gasteiger partial charge in [-0.05, 0) is 18.6 Å². The first-order chi connectivity index (χ1) is 8.61. The molecule has 5 nitrogen and oxygen atoms in total. The standard InChI is InChI=1S/C12H12ClN3O2/c1-7-3-9(11(18-2)4-8(7)13)16-12(17)10-5-14-6-15-10/h3-6H,1-2H3,(H,14,15)(H,16,17). The second-order valence-electron chi connectivity index (χ2n) is 3.72. The zero-order chi connectivity index (χ0) is 13.1. The Bertz CT molecular complexity index is 567. The molecule has 2 rings (SSSR count). The quantitative estimate of drug-likeness (QED) is 0.896. The van der Waals surface area contributed by atoms with Crippen molar-refractivity contribution in [3.63, 3.8) is 0 Å². The van der Waals surface area contributed by atoms with E-state index in [-0.39, 0.29) is 5.91 Å². The average Bonchev–Trinajstić information content (AvgIpc) is 2.87. The molecular formula is C12H12ClN3O2. The molecule has 0 radical (unpaired) electrons. The number of imidazole rings is 1. The number of amides is 1. The van der Waals surface area contributed by atoms with E-state index in [1.807, 2.05) is 6.92 Å². The zero-order valence-electron chi connectivity index (χ0n) is 9.95. The van der Waals surface area contributed by atoms with E-state index >= 15 is 0 Å². The van der Waals surface area contributed by atoms with Crippen molar-refractivity contribution in [3.05, 3.63) is 40.9 Å². The van der Waals surface area contributed by atoms with Crippen molar-refractivity contribution in [2.24, 2.45) is 0 Å². The minimum atomic E-state index is -0.285. The third-order valence-corrected chi connectivity index (χ3v) is 2.88. The number of ether oxygens (including phenoxy) is 1. The molecule has 1 aromatic heterocycles. The minimum absolute atomic E-state index is 0.285. The Kier molecular flexibility index (Phi) is 3.53. The highest BCUT2D eigenvalue weighted by Gasteiger charge is 2.12. The Hall–Kier alpha value is -2.01. The first kappa shape index (κ1) is 12.4. The Labute approximate surface area is 109 Å². The number of nitrogens with zero attached hydrogens (tertiary/aromatic N) is 1. The van der Waals surface area contributed by atoms with E-state index in [1.54, 1.807) is 12.1 Å². The highest BCUT2D eigenvalue weighted by atomic mass is 35.5. The third-order valence-electron chi connectivity index (χ3n) is 2.47. The summed E-state index contributed by atoms with van der Waals surface area (Å²) in [6.45, 7) is 1.85. The Morgan fingerprint density at radius 1 is 1.50 bits per heavy atom. The van der Waals surface area contributed by atoms with E-state index in [1.165, 1.54) is 19.6 Å². The predicted octanol–water partition coefficient (Wildman–Crippen LogP) is 2.63. The molecule has 0 atom stereocenters. The number of halogens is 1. The first-order valence-corrected chi connectivity index (χ1v) is 5.63. The maximum absolute atomic E-state index is 11.9. The molecule has 2 aromatic rings. The van der Waals surface area contributed by atoms with Crippen LogP contribution >= 0.6 is 11.6 Å². The number of rotatable bonds is 3. The highest BCUT2D eigenvalue weighted by Crippen LogP contribution is 2.31. The largest absolute Gasteiger partial charge is 0.495 e. The molecule has 18 heavy (non-hydrogen) atoms. The van der Waals surface area contributed by atoms with E-state index in [0.717, 1.165) is 5.56 Å². The number of carbonyl (C=O) groups excluding carboxylic acids is 1. The maximum atomic E-state index is 11.9. The summed E-state index contributed by atoms with van der Waals surface area (Å²) < 4.78 is 5.17. The number of H-pyrrole nitrogens is 1. The fourth-order valence-corrected chi connectivity index (χ4v) is 1.65. The summed E-state index contributed by atoms with van der Waals surface area (Å²) in [6, 6.07) is 3.43. The van der Waals surface area contributed by atoms with Gasteiger partial charge in [0.05, 0.1) is 25.3 Å². The smallest absolute Gasteiger partial charge is 0.273 e. The van der Waals surface area contributed by atoms with Gasteiger partial charge in [-0.2, -0.15) is 0 Å². The van der Waals surface area contributed by atoms with Crippen LogP contribution in [0.15, 0.2) is 24.7 Å². The zero-order valence-corrected chi connectivity index (χ0v) is 10.7. The Morgan fingerprint density at radius 3 is 2.89 bits per heavy atom. The second-order valence-corrected chi connectivity index (χ2v) is 4.13. The number of aryl methyl sites for hydroxylation is 1. The van der Waals surface area contributed by atoms with E-state index in [0.29, 0.717) is 22.2 Å². The third kappa shape index (κ3) is 2.46. The topological polar surface area (TPSA) is 67.0 Å². The molecule has 0 aliphatic heterocycles. The van der Waals surface area contributed by atoms with Gasteiger partial charge in [0.15, 0.2) is 0 Å². The molecule has 0 saturated heterocycles. The lowest BCUT2D eigenvalue weighted by Crippen LogP contribution is -2.13. The van der Waals surface area contributed by atoms with Gasteiger partial charge in [-0.1, -0.05) is 11.6 Å². The number of benzene rings is 1. The van der Waals surface area contributed by atoms with Gasteiger partial charge in [0.2, 0.25) is 0 Å². The molecule has 0 aliphatic rings. The van der Waals surface area contributed by atoms with Gasteiger partial charge in [0.1, 0.15) is 11.4 Å². The van der Waals surface area contributed by atoms with Crippen LogP contribution in [0.4, 0.5) is 5.69 Å². The van der Waals surface area contributed by atoms with E-state index in [9.17, 15) is 4.79 Å². The number of methoxy groups -OCH3 is 1. The van der Waals surface area contributed by atoms with Crippen LogP contribution in [0, 0.1) is 6.92 Å². The SMILES string of the molecule is COc1cc(Cl)c(C)cc1NC(=O)c1cnc[nH]1. The minimum Gasteiger partial charge on any atom is -0.495 e. The van der Waals surface area contributed by atoms with Crippen LogP contribution in [0.2, 0.25) is 5.02 Å². The van der Waals surface area contributed by atoms with Gasteiger partial charge in [-0.15, -0.1) is 0 Å². The maximum Gasteiger partial charge on any atom is 0.273 e. The number of hydrogen-bond acceptors (Lipinski definition) is 3. The summed E-state index contributed by atoms with van der Waals surface area (Å²) in [5.41, 5.74) is 1.81. The van der Waals surface area contributed by atoms with Crippen molar-refractivity contribution in [3.8, 4) is 5.75 Å². The highest BCUT2D eigenvalue weighted by molar-refractivity contribution is 6.31. The van der Waals surface area contributed by atoms with Crippen LogP contribution in [-0.4, -0.2) is 23.0 Å². The van der Waals surface area contributed by atoms with E-state index < -0.39 is 0 Å². The monoisotopic (exact) mass is 265 g/mol. The number of carbonyl (C=O) groups is 1. The van der Waals surface area contributed by atoms with Crippen LogP contribution in [0.25, 0.3) is 0 Å². The molecule has 0 aliphatic carbocycles. The van der Waals surface area contributed by atoms with Gasteiger partial charge in [0, 0.05) is 11.1 Å². The van der Waals surface area contributed by atoms with Gasteiger partial charge >= 0.3 is 0 Å². The van der Waals surface area contributed by atoms with Gasteiger partial charge < -0.3 is 15.0 Å². The number of aromatic nitrogens is 2. The summed E-state index contributed by atoms with van der Waals surface area (Å²) in [4.78, 5) is 18.4. The van der Waals surface area contributed by atoms with Gasteiger partial charge in [-0.25, -0.2) is 4.98 Å². The first-order valence-electron chi connectivity index (χ1n) is 5.25. The normalized spacial score (nSPS) is 10.2. The summed E-state index contributed by atoms with van der Waals surface area (Å²) in [5, 5.41) is 3.33. The van der Waals surface area contributed by atoms with Crippen LogP contribution < -0.4 is 10.1 Å². The lowest BCUT2D eigenvalue weighted by Gasteiger charge is -2.11. The molecule has 0 saturated carbocycles. The molecule has 2 N–H and O–H groups in total. The second kappa shape index (κ2) is 5.10. The number of nitrogens with one attached hydrogen (secondary N) is 2. The molecule has 0 fully saturated rings. The molecule has 0 unspecified atom stereocenters. The van der Waals surface area contributed by atoms with Crippen LogP contribution in [0.1, 0.15) is 16.1 Å². The summed E-state index contributed by atoms with van der Waals surface area (Å²) in [5.74, 6) is 0.228. The summed E-state index contributed by atoms with van der Waals surface area (Å²) in [6.07, 6.45) is 2.89. The van der Waals surface area contributed by atoms with Gasteiger partial charge in [-0.3, -0.25) is 4.79 Å². The molecule has 1 aromatic carbocycles. The average molecular weight is 266 g/mol. The number of anilines is 1. The summed E-state index contributed by atoms with van der Waals surface area (Å²) >= 11 is 5.99. The van der Waals surface area contributed by atoms with Crippen LogP contribution in [0.5, 0.6) is 5.75 Å². The van der Waals surface area contributed by atoms with Gasteiger partial charge in [0.25, 0.3) is 5.91 Å². The van der Waals surface area contributed by atoms with Crippen molar-refractivity contribution >= 4 is 23.2 Å². The fourth-order valence-electron chi connectivity index (χ4n) is 1.50. The number of aromatic amines is 1. The Balaban J connectivity index is 2.28. The van der Waals surface area contributed by atoms with Crippen LogP contribution in [0.3, 0.4) is 0 Å². The molecule has 1 heterocycles.